The Bertz CT molecular complexity index is 1090. The molecule has 1 atom stereocenters. The zero-order valence-corrected chi connectivity index (χ0v) is 55.5. The summed E-state index contributed by atoms with van der Waals surface area (Å²) in [5.74, 6) is 7.91. The number of aryl methyl sites for hydroxylation is 1. The largest absolute Gasteiger partial charge is 0.388 e. The predicted molar refractivity (Wildman–Crippen MR) is 340 cm³/mol. The predicted octanol–water partition coefficient (Wildman–Crippen LogP) is 21.8. The zero-order chi connectivity index (χ0) is 57.4. The molecule has 0 aliphatic heterocycles. The van der Waals surface area contributed by atoms with Gasteiger partial charge in [0.25, 0.3) is 0 Å². The Balaban J connectivity index is -0.000000237. The fraction of sp³-hybridized carbons (Fsp3) is 0.913. The van der Waals surface area contributed by atoms with Crippen molar-refractivity contribution in [3.63, 3.8) is 0 Å². The average molecular weight is 1050 g/mol. The van der Waals surface area contributed by atoms with Gasteiger partial charge in [0.2, 0.25) is 0 Å². The Morgan fingerprint density at radius 3 is 0.851 bits per heavy atom. The molecule has 5 nitrogen and oxygen atoms in total. The molecule has 0 bridgehead atoms. The van der Waals surface area contributed by atoms with E-state index in [4.69, 9.17) is 0 Å². The van der Waals surface area contributed by atoms with Gasteiger partial charge in [0.05, 0.1) is 0 Å². The number of fused-ring (bicyclic) bond motifs is 1. The zero-order valence-electron chi connectivity index (χ0n) is 55.5. The van der Waals surface area contributed by atoms with Crippen LogP contribution < -0.4 is 0 Å². The monoisotopic (exact) mass is 1050 g/mol. The highest BCUT2D eigenvalue weighted by molar-refractivity contribution is 5.34. The van der Waals surface area contributed by atoms with Crippen LogP contribution in [-0.2, 0) is 20.6 Å². The molecule has 6 fully saturated rings. The second-order valence-electron chi connectivity index (χ2n) is 24.5. The number of benzene rings is 1. The molecular formula is C69H144N2O3. The van der Waals surface area contributed by atoms with E-state index < -0.39 is 0 Å². The SMILES string of the molecule is CC.CC(C)C.CC1CC1.CC1CCC1.CC1CCCC1.CC1CCCCC1.CC1CCCCCC1.CC1CCCCCCC1.CC1CCc2ccccc21.CCN(C)CC.CN(C)C.COC.COC(C)OC. The Kier molecular flexibility index (Phi) is 69.5. The summed E-state index contributed by atoms with van der Waals surface area (Å²) < 4.78 is 13.6. The standard InChI is InChI=1S/C10H12.C9H18.C8H16.C7H14.C6H12.C5H13N.C5H10.C4H10O2.C4H8.C4H10.C3H9N.C2H6O.C2H6/c1-8-6-7-9-4-2-3-5-10(8)9;1-9-7-5-3-2-4-6-8-9;1-8-6-4-2-3-5-7-8;1-7-5-3-2-4-6-7;1-6-4-2-3-5-6;1-4-6(3)5-2;1-5-3-2-4-5;1-4(5-2)6-3;1-4-2-3-4;2*1-4(2)3;1-3-2;1-2/h2-5,8H,6-7H2,1H3;9H,2-8H2,1H3;8H,2-7H2,1H3;7H,2-6H2,1H3;6H,2-5H2,1H3;4-5H2,1-3H3;5H,2-4H2,1H3;4H,1-3H3;4H,2-3H2,1H3;4H,1-3H3;1-3H3;1-2H3;1-2H3. The van der Waals surface area contributed by atoms with Gasteiger partial charge in [-0.25, -0.2) is 0 Å². The maximum absolute atomic E-state index is 4.68. The van der Waals surface area contributed by atoms with E-state index >= 15 is 0 Å². The van der Waals surface area contributed by atoms with Crippen molar-refractivity contribution in [1.82, 2.24) is 9.80 Å². The third-order valence-corrected chi connectivity index (χ3v) is 14.5. The molecule has 0 radical (unpaired) electrons. The van der Waals surface area contributed by atoms with E-state index in [-0.39, 0.29) is 6.29 Å². The van der Waals surface area contributed by atoms with E-state index in [2.05, 4.69) is 134 Å². The Labute approximate surface area is 470 Å². The van der Waals surface area contributed by atoms with Gasteiger partial charge in [-0.3, -0.25) is 0 Å². The van der Waals surface area contributed by atoms with Gasteiger partial charge in [-0.1, -0.05) is 295 Å². The average Bonchev–Trinajstić information content (AvgIpc) is 3.95. The Hall–Kier alpha value is -0.980. The number of rotatable bonds is 4. The molecule has 0 spiro atoms. The van der Waals surface area contributed by atoms with Crippen molar-refractivity contribution in [1.29, 1.82) is 0 Å². The molecular weight excluding hydrogens is 905 g/mol. The van der Waals surface area contributed by atoms with Crippen LogP contribution in [0.1, 0.15) is 301 Å². The van der Waals surface area contributed by atoms with Gasteiger partial charge in [-0.2, -0.15) is 0 Å². The van der Waals surface area contributed by atoms with Crippen molar-refractivity contribution in [3.8, 4) is 0 Å². The molecule has 0 amide bonds. The summed E-state index contributed by atoms with van der Waals surface area (Å²) in [6, 6.07) is 8.78. The number of hydrogen-bond acceptors (Lipinski definition) is 5. The van der Waals surface area contributed by atoms with Crippen LogP contribution in [0.15, 0.2) is 24.3 Å². The molecule has 0 saturated heterocycles. The van der Waals surface area contributed by atoms with Crippen molar-refractivity contribution in [2.45, 2.75) is 302 Å². The van der Waals surface area contributed by atoms with Gasteiger partial charge in [0.15, 0.2) is 6.29 Å². The summed E-state index contributed by atoms with van der Waals surface area (Å²) in [5, 5.41) is 0. The van der Waals surface area contributed by atoms with Crippen LogP contribution in [0.2, 0.25) is 0 Å². The fourth-order valence-corrected chi connectivity index (χ4v) is 8.45. The van der Waals surface area contributed by atoms with Gasteiger partial charge < -0.3 is 24.0 Å². The highest BCUT2D eigenvalue weighted by Gasteiger charge is 2.16. The quantitative estimate of drug-likeness (QED) is 0.222. The molecule has 6 saturated carbocycles. The molecule has 0 aromatic heterocycles. The van der Waals surface area contributed by atoms with E-state index in [1.165, 1.54) is 186 Å². The highest BCUT2D eigenvalue weighted by atomic mass is 16.7. The molecule has 74 heavy (non-hydrogen) atoms. The summed E-state index contributed by atoms with van der Waals surface area (Å²) in [6.45, 7) is 35.3. The highest BCUT2D eigenvalue weighted by Crippen LogP contribution is 2.32. The first-order valence-corrected chi connectivity index (χ1v) is 32.1. The third-order valence-electron chi connectivity index (χ3n) is 14.5. The Morgan fingerprint density at radius 1 is 0.419 bits per heavy atom. The molecule has 8 rings (SSSR count). The van der Waals surface area contributed by atoms with Gasteiger partial charge in [-0.15, -0.1) is 0 Å². The fourth-order valence-electron chi connectivity index (χ4n) is 8.45. The molecule has 1 aromatic carbocycles. The van der Waals surface area contributed by atoms with Crippen LogP contribution in [0.3, 0.4) is 0 Å². The van der Waals surface area contributed by atoms with Crippen molar-refractivity contribution in [3.05, 3.63) is 35.4 Å². The second kappa shape index (κ2) is 62.9. The minimum Gasteiger partial charge on any atom is -0.388 e. The summed E-state index contributed by atoms with van der Waals surface area (Å²) in [5.41, 5.74) is 3.14. The number of hydrogen-bond donors (Lipinski definition) is 0. The molecule has 1 aromatic rings. The minimum atomic E-state index is -0.0648. The van der Waals surface area contributed by atoms with Crippen LogP contribution in [0, 0.1) is 41.4 Å². The topological polar surface area (TPSA) is 34.2 Å². The van der Waals surface area contributed by atoms with Crippen LogP contribution in [0.25, 0.3) is 0 Å². The first-order valence-electron chi connectivity index (χ1n) is 32.1. The maximum atomic E-state index is 4.68. The van der Waals surface area contributed by atoms with Crippen LogP contribution in [0.4, 0.5) is 0 Å². The lowest BCUT2D eigenvalue weighted by Crippen LogP contribution is -2.15. The van der Waals surface area contributed by atoms with Crippen molar-refractivity contribution < 1.29 is 14.2 Å². The van der Waals surface area contributed by atoms with Crippen molar-refractivity contribution in [2.75, 3.05) is 69.7 Å². The molecule has 1 unspecified atom stereocenters. The van der Waals surface area contributed by atoms with Crippen LogP contribution in [0.5, 0.6) is 0 Å². The smallest absolute Gasteiger partial charge is 0.154 e. The number of ether oxygens (including phenoxy) is 3. The first-order chi connectivity index (χ1) is 35.2. The lowest BCUT2D eigenvalue weighted by atomic mass is 9.88. The van der Waals surface area contributed by atoms with Gasteiger partial charge in [0, 0.05) is 28.4 Å². The molecule has 7 aliphatic carbocycles. The van der Waals surface area contributed by atoms with E-state index in [0.717, 1.165) is 60.4 Å². The molecule has 7 aliphatic rings. The molecule has 5 heteroatoms. The van der Waals surface area contributed by atoms with Crippen LogP contribution >= 0.6 is 0 Å². The van der Waals surface area contributed by atoms with Gasteiger partial charge >= 0.3 is 0 Å². The summed E-state index contributed by atoms with van der Waals surface area (Å²) in [4.78, 5) is 4.25. The van der Waals surface area contributed by atoms with E-state index in [0.29, 0.717) is 0 Å². The van der Waals surface area contributed by atoms with Crippen LogP contribution in [-0.4, -0.2) is 85.8 Å². The molecule has 448 valence electrons. The number of nitrogens with zero attached hydrogens (tertiary/aromatic N) is 2. The van der Waals surface area contributed by atoms with Gasteiger partial charge in [0.1, 0.15) is 0 Å². The summed E-state index contributed by atoms with van der Waals surface area (Å²) in [6.07, 6.45) is 42.7. The first kappa shape index (κ1) is 81.9. The Morgan fingerprint density at radius 2 is 0.662 bits per heavy atom. The van der Waals surface area contributed by atoms with E-state index in [9.17, 15) is 0 Å². The summed E-state index contributed by atoms with van der Waals surface area (Å²) in [7, 11) is 14.6. The number of methoxy groups -OCH3 is 3. The summed E-state index contributed by atoms with van der Waals surface area (Å²) >= 11 is 0. The molecule has 0 heterocycles. The van der Waals surface area contributed by atoms with Gasteiger partial charge in [-0.05, 0) is 120 Å². The maximum Gasteiger partial charge on any atom is 0.154 e. The van der Waals surface area contributed by atoms with E-state index in [1.807, 2.05) is 46.8 Å². The lowest BCUT2D eigenvalue weighted by Gasteiger charge is -2.18. The third kappa shape index (κ3) is 71.0. The second-order valence-corrected chi connectivity index (χ2v) is 24.5. The lowest BCUT2D eigenvalue weighted by molar-refractivity contribution is -0.0877. The van der Waals surface area contributed by atoms with E-state index in [1.54, 1.807) is 39.6 Å². The van der Waals surface area contributed by atoms with Crippen molar-refractivity contribution >= 4 is 0 Å². The normalized spacial score (nSPS) is 19.4. The molecule has 0 N–H and O–H groups in total. The van der Waals surface area contributed by atoms with Crippen molar-refractivity contribution in [2.24, 2.45) is 41.4 Å². The minimum absolute atomic E-state index is 0.0648.